The second-order valence-corrected chi connectivity index (χ2v) is 5.80. The first-order valence-electron chi connectivity index (χ1n) is 5.93. The van der Waals surface area contributed by atoms with E-state index >= 15 is 0 Å². The van der Waals surface area contributed by atoms with E-state index in [1.54, 1.807) is 5.09 Å². The first-order chi connectivity index (χ1) is 10.2. The maximum Gasteiger partial charge on any atom is 0.404 e. The summed E-state index contributed by atoms with van der Waals surface area (Å²) in [5, 5.41) is 28.8. The smallest absolute Gasteiger partial charge is 0.404 e. The lowest BCUT2D eigenvalue weighted by atomic mass is 10.1. The summed E-state index contributed by atoms with van der Waals surface area (Å²) in [6.45, 7) is -0.0344. The number of aromatic hydroxyl groups is 1. The summed E-state index contributed by atoms with van der Waals surface area (Å²) in [5.74, 6) is -1.92. The Morgan fingerprint density at radius 1 is 1.59 bits per heavy atom. The number of hydrogen-bond acceptors (Lipinski definition) is 7. The molecule has 0 saturated carbocycles. The summed E-state index contributed by atoms with van der Waals surface area (Å²) in [4.78, 5) is 34.9. The second-order valence-electron chi connectivity index (χ2n) is 4.25. The zero-order valence-electron chi connectivity index (χ0n) is 11.5. The van der Waals surface area contributed by atoms with Gasteiger partial charge in [0, 0.05) is 11.8 Å². The minimum Gasteiger partial charge on any atom is -0.505 e. The maximum absolute atomic E-state index is 11.7. The molecule has 0 aromatic carbocycles. The molecule has 0 aliphatic rings. The third kappa shape index (κ3) is 4.58. The highest BCUT2D eigenvalue weighted by Gasteiger charge is 2.28. The molecule has 122 valence electrons. The molecule has 0 aliphatic carbocycles. The van der Waals surface area contributed by atoms with Crippen LogP contribution in [0, 0.1) is 6.92 Å². The summed E-state index contributed by atoms with van der Waals surface area (Å²) < 4.78 is 16.3. The van der Waals surface area contributed by atoms with E-state index in [1.165, 1.54) is 13.1 Å². The molecule has 0 amide bonds. The Morgan fingerprint density at radius 2 is 2.23 bits per heavy atom. The average molecular weight is 334 g/mol. The molecule has 1 aromatic heterocycles. The molecular weight excluding hydrogens is 319 g/mol. The summed E-state index contributed by atoms with van der Waals surface area (Å²) in [7, 11) is -4.56. The fourth-order valence-electron chi connectivity index (χ4n) is 1.46. The first kappa shape index (κ1) is 18.2. The number of nitrogens with one attached hydrogen (secondary N) is 1. The van der Waals surface area contributed by atoms with Crippen molar-refractivity contribution < 1.29 is 38.9 Å². The Morgan fingerprint density at radius 3 is 2.73 bits per heavy atom. The predicted molar refractivity (Wildman–Crippen MR) is 72.3 cm³/mol. The van der Waals surface area contributed by atoms with Crippen LogP contribution in [0.15, 0.2) is 6.20 Å². The molecule has 22 heavy (non-hydrogen) atoms. The number of hydrogen-bond donors (Lipinski definition) is 5. The van der Waals surface area contributed by atoms with Crippen LogP contribution in [-0.2, 0) is 20.5 Å². The molecule has 2 atom stereocenters. The normalized spacial score (nSPS) is 15.0. The number of carbonyl (C=O) groups excluding carboxylic acids is 1. The number of aldehydes is 1. The van der Waals surface area contributed by atoms with Crippen LogP contribution in [0.25, 0.3) is 0 Å². The first-order valence-corrected chi connectivity index (χ1v) is 7.51. The fourth-order valence-corrected chi connectivity index (χ4v) is 2.44. The van der Waals surface area contributed by atoms with Crippen molar-refractivity contribution >= 4 is 20.0 Å². The van der Waals surface area contributed by atoms with Crippen molar-refractivity contribution in [2.45, 2.75) is 19.6 Å². The molecule has 1 rings (SSSR count). The third-order valence-electron chi connectivity index (χ3n) is 2.67. The lowest BCUT2D eigenvalue weighted by Crippen LogP contribution is -2.38. The van der Waals surface area contributed by atoms with Gasteiger partial charge in [0.2, 0.25) is 0 Å². The molecule has 0 bridgehead atoms. The lowest BCUT2D eigenvalue weighted by molar-refractivity contribution is -0.140. The van der Waals surface area contributed by atoms with Gasteiger partial charge in [-0.1, -0.05) is 0 Å². The van der Waals surface area contributed by atoms with Crippen molar-refractivity contribution in [1.82, 2.24) is 10.1 Å². The molecule has 1 heterocycles. The number of rotatable bonds is 8. The minimum atomic E-state index is -4.56. The van der Waals surface area contributed by atoms with E-state index in [0.29, 0.717) is 6.29 Å². The van der Waals surface area contributed by atoms with E-state index in [1.807, 2.05) is 0 Å². The maximum atomic E-state index is 11.7. The van der Waals surface area contributed by atoms with E-state index in [4.69, 9.17) is 10.2 Å². The monoisotopic (exact) mass is 334 g/mol. The van der Waals surface area contributed by atoms with Gasteiger partial charge in [0.1, 0.15) is 11.8 Å². The highest BCUT2D eigenvalue weighted by Crippen LogP contribution is 2.39. The van der Waals surface area contributed by atoms with Gasteiger partial charge >= 0.3 is 13.7 Å². The standard InChI is InChI=1S/C11H15N2O8P/c1-6-10(16)8(3-14)7(2-12-6)5-21-22(19,20)13-9(4-15)11(17)18/h2-3,9,15-16H,4-5H2,1H3,(H,17,18)(H2,13,19,20)/t9-/m0/s1. The molecule has 1 aromatic rings. The quantitative estimate of drug-likeness (QED) is 0.310. The van der Waals surface area contributed by atoms with Gasteiger partial charge in [0.05, 0.1) is 24.5 Å². The molecule has 0 radical (unpaired) electrons. The van der Waals surface area contributed by atoms with Crippen LogP contribution in [-0.4, -0.2) is 50.1 Å². The Balaban J connectivity index is 2.85. The second kappa shape index (κ2) is 7.43. The largest absolute Gasteiger partial charge is 0.505 e. The van der Waals surface area contributed by atoms with E-state index in [0.717, 1.165) is 0 Å². The molecule has 10 nitrogen and oxygen atoms in total. The van der Waals surface area contributed by atoms with Crippen molar-refractivity contribution in [3.63, 3.8) is 0 Å². The van der Waals surface area contributed by atoms with Gasteiger partial charge in [-0.25, -0.2) is 9.65 Å². The number of aliphatic hydroxyl groups is 1. The van der Waals surface area contributed by atoms with Crippen LogP contribution >= 0.6 is 7.75 Å². The Bertz CT molecular complexity index is 620. The molecule has 5 N–H and O–H groups in total. The SMILES string of the molecule is Cc1ncc(COP(=O)(O)N[C@@H](CO)C(=O)O)c(C=O)c1O. The van der Waals surface area contributed by atoms with Crippen molar-refractivity contribution in [2.75, 3.05) is 6.61 Å². The van der Waals surface area contributed by atoms with Gasteiger partial charge in [-0.2, -0.15) is 0 Å². The van der Waals surface area contributed by atoms with E-state index in [9.17, 15) is 24.2 Å². The van der Waals surface area contributed by atoms with Crippen LogP contribution in [0.4, 0.5) is 0 Å². The number of carboxylic acids is 1. The van der Waals surface area contributed by atoms with Crippen molar-refractivity contribution in [3.05, 3.63) is 23.0 Å². The average Bonchev–Trinajstić information content (AvgIpc) is 2.45. The van der Waals surface area contributed by atoms with Crippen molar-refractivity contribution in [3.8, 4) is 5.75 Å². The highest BCUT2D eigenvalue weighted by atomic mass is 31.2. The van der Waals surface area contributed by atoms with Crippen LogP contribution in [0.3, 0.4) is 0 Å². The summed E-state index contributed by atoms with van der Waals surface area (Å²) >= 11 is 0. The Hall–Kier alpha value is -1.84. The fraction of sp³-hybridized carbons (Fsp3) is 0.364. The number of aliphatic carboxylic acids is 1. The van der Waals surface area contributed by atoms with Crippen LogP contribution in [0.5, 0.6) is 5.75 Å². The molecule has 0 fully saturated rings. The number of nitrogens with zero attached hydrogens (tertiary/aromatic N) is 1. The number of aliphatic hydroxyl groups excluding tert-OH is 1. The van der Waals surface area contributed by atoms with Gasteiger partial charge in [0.15, 0.2) is 6.29 Å². The number of aromatic nitrogens is 1. The Kier molecular flexibility index (Phi) is 6.15. The molecule has 0 spiro atoms. The van der Waals surface area contributed by atoms with E-state index in [2.05, 4.69) is 9.51 Å². The number of aryl methyl sites for hydroxylation is 1. The number of carboxylic acid groups (broad SMARTS) is 1. The van der Waals surface area contributed by atoms with Gasteiger partial charge < -0.3 is 20.2 Å². The molecule has 0 aliphatic heterocycles. The summed E-state index contributed by atoms with van der Waals surface area (Å²) in [5.41, 5.74) is 0.0943. The van der Waals surface area contributed by atoms with Gasteiger partial charge in [0.25, 0.3) is 0 Å². The van der Waals surface area contributed by atoms with E-state index < -0.39 is 33.0 Å². The van der Waals surface area contributed by atoms with E-state index in [-0.39, 0.29) is 22.6 Å². The van der Waals surface area contributed by atoms with Crippen LogP contribution < -0.4 is 5.09 Å². The zero-order valence-corrected chi connectivity index (χ0v) is 12.4. The van der Waals surface area contributed by atoms with Gasteiger partial charge in [-0.15, -0.1) is 0 Å². The molecule has 0 saturated heterocycles. The lowest BCUT2D eigenvalue weighted by Gasteiger charge is -2.17. The molecule has 11 heteroatoms. The van der Waals surface area contributed by atoms with Crippen molar-refractivity contribution in [2.24, 2.45) is 0 Å². The molecule has 1 unspecified atom stereocenters. The van der Waals surface area contributed by atoms with Gasteiger partial charge in [-0.3, -0.25) is 19.1 Å². The molecular formula is C11H15N2O8P. The number of carbonyl (C=O) groups is 2. The third-order valence-corrected chi connectivity index (χ3v) is 3.79. The minimum absolute atomic E-state index is 0.0463. The van der Waals surface area contributed by atoms with Gasteiger partial charge in [-0.05, 0) is 6.92 Å². The predicted octanol–water partition coefficient (Wildman–Crippen LogP) is -0.440. The topological polar surface area (TPSA) is 166 Å². The van der Waals surface area contributed by atoms with Crippen LogP contribution in [0.2, 0.25) is 0 Å². The number of pyridine rings is 1. The zero-order chi connectivity index (χ0) is 16.9. The Labute approximate surface area is 125 Å². The highest BCUT2D eigenvalue weighted by molar-refractivity contribution is 7.50. The van der Waals surface area contributed by atoms with Crippen molar-refractivity contribution in [1.29, 1.82) is 0 Å². The van der Waals surface area contributed by atoms with Crippen LogP contribution in [0.1, 0.15) is 21.6 Å². The summed E-state index contributed by atoms with van der Waals surface area (Å²) in [6.07, 6.45) is 1.52. The summed E-state index contributed by atoms with van der Waals surface area (Å²) in [6, 6.07) is -1.69.